The van der Waals surface area contributed by atoms with Crippen LogP contribution < -0.4 is 4.18 Å². The van der Waals surface area contributed by atoms with Gasteiger partial charge in [0.15, 0.2) is 5.78 Å². The van der Waals surface area contributed by atoms with Crippen molar-refractivity contribution in [3.8, 4) is 5.75 Å². The van der Waals surface area contributed by atoms with Crippen LogP contribution in [-0.4, -0.2) is 19.7 Å². The first-order chi connectivity index (χ1) is 8.94. The highest BCUT2D eigenvalue weighted by Crippen LogP contribution is 2.40. The van der Waals surface area contributed by atoms with Crippen LogP contribution in [-0.2, 0) is 15.5 Å². The standard InChI is InChI=1S/C12H11F3O4S/c1-11(2)6-10(16)8-5-7(3-4-9(8)11)19-20(17,18)12(13,14)15/h3-5H,6H2,1-2H3. The van der Waals surface area contributed by atoms with Crippen molar-refractivity contribution in [3.05, 3.63) is 29.3 Å². The summed E-state index contributed by atoms with van der Waals surface area (Å²) < 4.78 is 62.4. The lowest BCUT2D eigenvalue weighted by molar-refractivity contribution is -0.0500. The van der Waals surface area contributed by atoms with Gasteiger partial charge in [-0.15, -0.1) is 0 Å². The van der Waals surface area contributed by atoms with Gasteiger partial charge in [-0.05, 0) is 23.1 Å². The first-order valence-corrected chi connectivity index (χ1v) is 7.03. The summed E-state index contributed by atoms with van der Waals surface area (Å²) >= 11 is 0. The number of halogens is 3. The number of carbonyl (C=O) groups excluding carboxylic acids is 1. The molecule has 0 radical (unpaired) electrons. The first-order valence-electron chi connectivity index (χ1n) is 5.62. The SMILES string of the molecule is CC1(C)CC(=O)c2cc(OS(=O)(=O)C(F)(F)F)ccc21. The summed E-state index contributed by atoms with van der Waals surface area (Å²) in [4.78, 5) is 11.8. The molecule has 1 aromatic carbocycles. The van der Waals surface area contributed by atoms with Crippen LogP contribution in [0.2, 0.25) is 0 Å². The van der Waals surface area contributed by atoms with E-state index in [0.717, 1.165) is 12.1 Å². The largest absolute Gasteiger partial charge is 0.534 e. The molecular formula is C12H11F3O4S. The molecule has 0 unspecified atom stereocenters. The zero-order valence-electron chi connectivity index (χ0n) is 10.6. The molecule has 1 aliphatic carbocycles. The smallest absolute Gasteiger partial charge is 0.376 e. The van der Waals surface area contributed by atoms with E-state index in [4.69, 9.17) is 0 Å². The Balaban J connectivity index is 2.40. The lowest BCUT2D eigenvalue weighted by Gasteiger charge is -2.17. The highest BCUT2D eigenvalue weighted by Gasteiger charge is 2.48. The average Bonchev–Trinajstić information content (AvgIpc) is 2.47. The molecule has 0 atom stereocenters. The highest BCUT2D eigenvalue weighted by atomic mass is 32.2. The number of Topliss-reactive ketones (excluding diaryl/α,β-unsaturated/α-hetero) is 1. The van der Waals surface area contributed by atoms with E-state index < -0.39 is 26.8 Å². The Morgan fingerprint density at radius 2 is 1.85 bits per heavy atom. The number of benzene rings is 1. The van der Waals surface area contributed by atoms with Crippen LogP contribution in [0, 0.1) is 0 Å². The Morgan fingerprint density at radius 1 is 1.25 bits per heavy atom. The van der Waals surface area contributed by atoms with Crippen molar-refractivity contribution in [1.29, 1.82) is 0 Å². The Kier molecular flexibility index (Phi) is 3.12. The summed E-state index contributed by atoms with van der Waals surface area (Å²) in [5.74, 6) is -0.771. The van der Waals surface area contributed by atoms with E-state index in [1.165, 1.54) is 6.07 Å². The average molecular weight is 308 g/mol. The molecule has 0 N–H and O–H groups in total. The first kappa shape index (κ1) is 14.8. The van der Waals surface area contributed by atoms with Gasteiger partial charge in [-0.3, -0.25) is 4.79 Å². The van der Waals surface area contributed by atoms with Gasteiger partial charge in [-0.2, -0.15) is 21.6 Å². The number of hydrogen-bond acceptors (Lipinski definition) is 4. The predicted octanol–water partition coefficient (Wildman–Crippen LogP) is 2.78. The summed E-state index contributed by atoms with van der Waals surface area (Å²) in [5.41, 5.74) is -5.06. The molecule has 0 bridgehead atoms. The summed E-state index contributed by atoms with van der Waals surface area (Å²) in [6.45, 7) is 3.65. The molecule has 4 nitrogen and oxygen atoms in total. The van der Waals surface area contributed by atoms with Crippen molar-refractivity contribution in [3.63, 3.8) is 0 Å². The molecule has 0 saturated heterocycles. The zero-order valence-corrected chi connectivity index (χ0v) is 11.4. The van der Waals surface area contributed by atoms with Crippen molar-refractivity contribution in [2.75, 3.05) is 0 Å². The van der Waals surface area contributed by atoms with Gasteiger partial charge in [0.25, 0.3) is 0 Å². The molecule has 0 spiro atoms. The fraction of sp³-hybridized carbons (Fsp3) is 0.417. The van der Waals surface area contributed by atoms with Gasteiger partial charge in [0.1, 0.15) is 5.75 Å². The second kappa shape index (κ2) is 4.21. The molecule has 0 amide bonds. The third-order valence-electron chi connectivity index (χ3n) is 3.11. The Labute approximate surface area is 113 Å². The molecule has 110 valence electrons. The molecular weight excluding hydrogens is 297 g/mol. The Morgan fingerprint density at radius 3 is 2.40 bits per heavy atom. The fourth-order valence-electron chi connectivity index (χ4n) is 2.16. The number of hydrogen-bond donors (Lipinski definition) is 0. The van der Waals surface area contributed by atoms with Crippen LogP contribution in [0.25, 0.3) is 0 Å². The number of rotatable bonds is 2. The molecule has 1 aliphatic rings. The van der Waals surface area contributed by atoms with Crippen LogP contribution in [0.5, 0.6) is 5.75 Å². The van der Waals surface area contributed by atoms with Crippen molar-refractivity contribution in [1.82, 2.24) is 0 Å². The van der Waals surface area contributed by atoms with E-state index in [1.807, 2.05) is 13.8 Å². The molecule has 0 aliphatic heterocycles. The van der Waals surface area contributed by atoms with Crippen LogP contribution in [0.1, 0.15) is 36.2 Å². The minimum absolute atomic E-state index is 0.199. The number of carbonyl (C=O) groups is 1. The minimum atomic E-state index is -5.73. The van der Waals surface area contributed by atoms with Gasteiger partial charge < -0.3 is 4.18 Å². The van der Waals surface area contributed by atoms with E-state index in [9.17, 15) is 26.4 Å². The van der Waals surface area contributed by atoms with Crippen LogP contribution in [0.4, 0.5) is 13.2 Å². The van der Waals surface area contributed by atoms with Gasteiger partial charge >= 0.3 is 15.6 Å². The van der Waals surface area contributed by atoms with Crippen molar-refractivity contribution in [2.24, 2.45) is 0 Å². The van der Waals surface area contributed by atoms with Gasteiger partial charge in [-0.25, -0.2) is 0 Å². The quantitative estimate of drug-likeness (QED) is 0.622. The van der Waals surface area contributed by atoms with E-state index in [0.29, 0.717) is 5.56 Å². The van der Waals surface area contributed by atoms with Crippen molar-refractivity contribution >= 4 is 15.9 Å². The zero-order chi connectivity index (χ0) is 15.3. The molecule has 0 fully saturated rings. The molecule has 1 aromatic rings. The monoisotopic (exact) mass is 308 g/mol. The third kappa shape index (κ3) is 2.39. The summed E-state index contributed by atoms with van der Waals surface area (Å²) in [5, 5.41) is 0. The van der Waals surface area contributed by atoms with Gasteiger partial charge in [-0.1, -0.05) is 19.9 Å². The Bertz CT molecular complexity index is 674. The maximum atomic E-state index is 12.2. The normalized spacial score (nSPS) is 17.9. The van der Waals surface area contributed by atoms with Crippen LogP contribution in [0.15, 0.2) is 18.2 Å². The van der Waals surface area contributed by atoms with Gasteiger partial charge in [0, 0.05) is 12.0 Å². The van der Waals surface area contributed by atoms with E-state index >= 15 is 0 Å². The number of ketones is 1. The second-order valence-corrected chi connectivity index (χ2v) is 6.71. The topological polar surface area (TPSA) is 60.4 Å². The molecule has 2 rings (SSSR count). The maximum Gasteiger partial charge on any atom is 0.534 e. The number of alkyl halides is 3. The third-order valence-corrected chi connectivity index (χ3v) is 4.09. The van der Waals surface area contributed by atoms with Crippen molar-refractivity contribution in [2.45, 2.75) is 31.2 Å². The fourth-order valence-corrected chi connectivity index (χ4v) is 2.61. The van der Waals surface area contributed by atoms with E-state index in [-0.39, 0.29) is 17.8 Å². The van der Waals surface area contributed by atoms with Gasteiger partial charge in [0.05, 0.1) is 0 Å². The number of fused-ring (bicyclic) bond motifs is 1. The van der Waals surface area contributed by atoms with Crippen LogP contribution in [0.3, 0.4) is 0 Å². The van der Waals surface area contributed by atoms with Crippen LogP contribution >= 0.6 is 0 Å². The molecule has 8 heteroatoms. The lowest BCUT2D eigenvalue weighted by Crippen LogP contribution is -2.28. The molecule has 0 aromatic heterocycles. The van der Waals surface area contributed by atoms with E-state index in [1.54, 1.807) is 0 Å². The predicted molar refractivity (Wildman–Crippen MR) is 64.0 cm³/mol. The second-order valence-electron chi connectivity index (χ2n) is 5.17. The highest BCUT2D eigenvalue weighted by molar-refractivity contribution is 7.88. The molecule has 0 heterocycles. The Hall–Kier alpha value is -1.57. The minimum Gasteiger partial charge on any atom is -0.376 e. The summed E-state index contributed by atoms with van der Waals surface area (Å²) in [6.07, 6.45) is 0.220. The molecule has 20 heavy (non-hydrogen) atoms. The molecule has 0 saturated carbocycles. The summed E-state index contributed by atoms with van der Waals surface area (Å²) in [6, 6.07) is 3.57. The van der Waals surface area contributed by atoms with Gasteiger partial charge in [0.2, 0.25) is 0 Å². The summed E-state index contributed by atoms with van der Waals surface area (Å²) in [7, 11) is -5.73. The van der Waals surface area contributed by atoms with E-state index in [2.05, 4.69) is 4.18 Å². The lowest BCUT2D eigenvalue weighted by atomic mass is 9.87. The van der Waals surface area contributed by atoms with Crippen molar-refractivity contribution < 1.29 is 30.6 Å². The maximum absolute atomic E-state index is 12.2.